The zero-order chi connectivity index (χ0) is 23.5. The average Bonchev–Trinajstić information content (AvgIpc) is 2.78. The highest BCUT2D eigenvalue weighted by Gasteiger charge is 2.47. The summed E-state index contributed by atoms with van der Waals surface area (Å²) in [7, 11) is 0. The predicted octanol–water partition coefficient (Wildman–Crippen LogP) is 8.37. The normalized spacial score (nSPS) is 18.0. The molecule has 0 heterocycles. The molecule has 3 aliphatic carbocycles. The van der Waals surface area contributed by atoms with Crippen LogP contribution in [0.1, 0.15) is 112 Å². The summed E-state index contributed by atoms with van der Waals surface area (Å²) in [6.45, 7) is 28.3. The van der Waals surface area contributed by atoms with E-state index in [1.807, 2.05) is 0 Å². The summed E-state index contributed by atoms with van der Waals surface area (Å²) in [5, 5.41) is 0. The summed E-state index contributed by atoms with van der Waals surface area (Å²) in [5.41, 5.74) is 27.7. The Hall–Kier alpha value is -2.34. The quantitative estimate of drug-likeness (QED) is 0.235. The van der Waals surface area contributed by atoms with Gasteiger partial charge in [-0.05, 0) is 183 Å². The van der Waals surface area contributed by atoms with Crippen molar-refractivity contribution in [2.75, 3.05) is 0 Å². The van der Waals surface area contributed by atoms with Crippen LogP contribution in [0, 0.1) is 83.1 Å². The Bertz CT molecular complexity index is 1100. The maximum absolute atomic E-state index is 2.38. The van der Waals surface area contributed by atoms with Gasteiger partial charge in [0, 0.05) is 11.8 Å². The van der Waals surface area contributed by atoms with Crippen LogP contribution in [-0.4, -0.2) is 0 Å². The Labute approximate surface area is 195 Å². The van der Waals surface area contributed by atoms with Crippen molar-refractivity contribution in [3.8, 4) is 0 Å². The topological polar surface area (TPSA) is 0 Å². The van der Waals surface area contributed by atoms with Crippen molar-refractivity contribution < 1.29 is 0 Å². The Kier molecular flexibility index (Phi) is 4.43. The Morgan fingerprint density at radius 2 is 0.344 bits per heavy atom. The van der Waals surface area contributed by atoms with Crippen molar-refractivity contribution in [1.82, 2.24) is 0 Å². The molecular formula is C32H38. The van der Waals surface area contributed by atoms with E-state index >= 15 is 0 Å². The second-order valence-electron chi connectivity index (χ2n) is 10.8. The third-order valence-electron chi connectivity index (χ3n) is 10.1. The van der Waals surface area contributed by atoms with Crippen LogP contribution in [0.15, 0.2) is 0 Å². The van der Waals surface area contributed by atoms with E-state index in [2.05, 4.69) is 83.1 Å². The van der Waals surface area contributed by atoms with Gasteiger partial charge in [-0.1, -0.05) is 0 Å². The van der Waals surface area contributed by atoms with Crippen LogP contribution < -0.4 is 0 Å². The first-order valence-electron chi connectivity index (χ1n) is 12.2. The largest absolute Gasteiger partial charge is 0.0447 e. The summed E-state index contributed by atoms with van der Waals surface area (Å²) < 4.78 is 0. The standard InChI is InChI=1S/C32H38/c1-13-14(2)20(8)26-25(19(13)7)31-27-21(9)15(3)17(5)23(11)29(27)32(26)30-24(12)18(6)16(4)22(10)28(30)31/h31-32H,1-12H3. The van der Waals surface area contributed by atoms with E-state index < -0.39 is 0 Å². The van der Waals surface area contributed by atoms with Gasteiger partial charge in [0.25, 0.3) is 0 Å². The van der Waals surface area contributed by atoms with Gasteiger partial charge in [0.15, 0.2) is 0 Å². The fourth-order valence-electron chi connectivity index (χ4n) is 7.21. The van der Waals surface area contributed by atoms with Crippen molar-refractivity contribution in [2.45, 2.75) is 94.9 Å². The molecule has 0 aromatic heterocycles. The molecule has 0 nitrogen and oxygen atoms in total. The van der Waals surface area contributed by atoms with Gasteiger partial charge in [0.2, 0.25) is 0 Å². The van der Waals surface area contributed by atoms with Gasteiger partial charge in [-0.2, -0.15) is 0 Å². The smallest absolute Gasteiger partial charge is 0.0357 e. The molecule has 0 amide bonds. The summed E-state index contributed by atoms with van der Waals surface area (Å²) in [6, 6.07) is 0. The lowest BCUT2D eigenvalue weighted by atomic mass is 9.54. The van der Waals surface area contributed by atoms with E-state index in [1.54, 1.807) is 33.4 Å². The first-order valence-corrected chi connectivity index (χ1v) is 12.2. The predicted molar refractivity (Wildman–Crippen MR) is 138 cm³/mol. The minimum Gasteiger partial charge on any atom is -0.0447 e. The van der Waals surface area contributed by atoms with E-state index in [0.717, 1.165) is 0 Å². The zero-order valence-corrected chi connectivity index (χ0v) is 22.2. The second kappa shape index (κ2) is 6.60. The van der Waals surface area contributed by atoms with Gasteiger partial charge in [-0.3, -0.25) is 0 Å². The van der Waals surface area contributed by atoms with E-state index in [1.165, 1.54) is 66.8 Å². The lowest BCUT2D eigenvalue weighted by Gasteiger charge is -2.48. The van der Waals surface area contributed by atoms with E-state index in [0.29, 0.717) is 11.8 Å². The maximum Gasteiger partial charge on any atom is 0.0357 e. The Balaban J connectivity index is 2.09. The van der Waals surface area contributed by atoms with Crippen molar-refractivity contribution in [2.24, 2.45) is 0 Å². The summed E-state index contributed by atoms with van der Waals surface area (Å²) in [6.07, 6.45) is 0. The third kappa shape index (κ3) is 2.24. The molecule has 3 aromatic carbocycles. The monoisotopic (exact) mass is 422 g/mol. The number of hydrogen-bond acceptors (Lipinski definition) is 0. The first-order chi connectivity index (χ1) is 14.9. The van der Waals surface area contributed by atoms with Crippen LogP contribution in [0.4, 0.5) is 0 Å². The summed E-state index contributed by atoms with van der Waals surface area (Å²) in [4.78, 5) is 0. The molecule has 2 bridgehead atoms. The molecule has 6 rings (SSSR count). The number of hydrogen-bond donors (Lipinski definition) is 0. The van der Waals surface area contributed by atoms with Crippen molar-refractivity contribution in [3.05, 3.63) is 100 Å². The molecule has 0 saturated heterocycles. The highest BCUT2D eigenvalue weighted by atomic mass is 14.5. The van der Waals surface area contributed by atoms with Crippen LogP contribution in [-0.2, 0) is 0 Å². The first kappa shape index (κ1) is 21.5. The Morgan fingerprint density at radius 1 is 0.219 bits per heavy atom. The molecule has 0 fully saturated rings. The van der Waals surface area contributed by atoms with Crippen LogP contribution in [0.5, 0.6) is 0 Å². The molecule has 0 unspecified atom stereocenters. The summed E-state index contributed by atoms with van der Waals surface area (Å²) in [5.74, 6) is 0.711. The van der Waals surface area contributed by atoms with Crippen LogP contribution in [0.2, 0.25) is 0 Å². The molecule has 0 N–H and O–H groups in total. The molecule has 3 aromatic rings. The van der Waals surface area contributed by atoms with Crippen molar-refractivity contribution in [1.29, 1.82) is 0 Å². The fourth-order valence-corrected chi connectivity index (χ4v) is 7.21. The van der Waals surface area contributed by atoms with E-state index in [9.17, 15) is 0 Å². The fraction of sp³-hybridized carbons (Fsp3) is 0.438. The lowest BCUT2D eigenvalue weighted by molar-refractivity contribution is 0.712. The molecule has 0 aliphatic heterocycles. The highest BCUT2D eigenvalue weighted by molar-refractivity contribution is 5.78. The van der Waals surface area contributed by atoms with Crippen LogP contribution in [0.25, 0.3) is 0 Å². The van der Waals surface area contributed by atoms with Gasteiger partial charge in [-0.25, -0.2) is 0 Å². The van der Waals surface area contributed by atoms with Gasteiger partial charge < -0.3 is 0 Å². The van der Waals surface area contributed by atoms with Crippen molar-refractivity contribution in [3.63, 3.8) is 0 Å². The molecule has 0 heteroatoms. The van der Waals surface area contributed by atoms with Gasteiger partial charge in [0.1, 0.15) is 0 Å². The van der Waals surface area contributed by atoms with Gasteiger partial charge in [-0.15, -0.1) is 0 Å². The summed E-state index contributed by atoms with van der Waals surface area (Å²) >= 11 is 0. The molecule has 32 heavy (non-hydrogen) atoms. The average molecular weight is 423 g/mol. The Morgan fingerprint density at radius 3 is 0.469 bits per heavy atom. The highest BCUT2D eigenvalue weighted by Crippen LogP contribution is 2.62. The minimum absolute atomic E-state index is 0.356. The molecule has 0 saturated carbocycles. The molecule has 0 atom stereocenters. The van der Waals surface area contributed by atoms with Crippen molar-refractivity contribution >= 4 is 0 Å². The van der Waals surface area contributed by atoms with Gasteiger partial charge in [0.05, 0.1) is 0 Å². The van der Waals surface area contributed by atoms with Crippen LogP contribution in [0.3, 0.4) is 0 Å². The third-order valence-corrected chi connectivity index (χ3v) is 10.1. The number of benzene rings is 3. The zero-order valence-electron chi connectivity index (χ0n) is 22.2. The molecule has 0 spiro atoms. The lowest BCUT2D eigenvalue weighted by Crippen LogP contribution is -2.34. The van der Waals surface area contributed by atoms with E-state index in [4.69, 9.17) is 0 Å². The molecule has 3 aliphatic rings. The van der Waals surface area contributed by atoms with E-state index in [-0.39, 0.29) is 0 Å². The molecule has 0 radical (unpaired) electrons. The van der Waals surface area contributed by atoms with Gasteiger partial charge >= 0.3 is 0 Å². The molecular weight excluding hydrogens is 384 g/mol. The number of rotatable bonds is 0. The maximum atomic E-state index is 2.38. The molecule has 166 valence electrons. The SMILES string of the molecule is Cc1c(C)c(C)c2c(c1C)C1c3c(C)c(C)c(C)c(C)c3C2c2c(C)c(C)c(C)c(C)c21. The van der Waals surface area contributed by atoms with Crippen LogP contribution >= 0.6 is 0 Å². The second-order valence-corrected chi connectivity index (χ2v) is 10.8. The minimum atomic E-state index is 0.356.